The van der Waals surface area contributed by atoms with Crippen LogP contribution in [0.15, 0.2) is 30.3 Å². The summed E-state index contributed by atoms with van der Waals surface area (Å²) < 4.78 is 13.2. The summed E-state index contributed by atoms with van der Waals surface area (Å²) >= 11 is 6.14. The maximum atomic E-state index is 13.2. The number of rotatable bonds is 5. The fraction of sp³-hybridized carbons (Fsp3) is 0.583. The van der Waals surface area contributed by atoms with E-state index in [2.05, 4.69) is 35.9 Å². The molecule has 1 saturated heterocycles. The van der Waals surface area contributed by atoms with Gasteiger partial charge in [0.1, 0.15) is 5.82 Å². The number of aromatic nitrogens is 2. The first-order valence-electron chi connectivity index (χ1n) is 10.8. The molecule has 1 unspecified atom stereocenters. The van der Waals surface area contributed by atoms with E-state index in [-0.39, 0.29) is 5.82 Å². The van der Waals surface area contributed by atoms with Crippen LogP contribution >= 0.6 is 11.6 Å². The third-order valence-corrected chi connectivity index (χ3v) is 6.84. The van der Waals surface area contributed by atoms with Gasteiger partial charge < -0.3 is 4.90 Å². The second-order valence-corrected chi connectivity index (χ2v) is 10.6. The number of benzene rings is 1. The summed E-state index contributed by atoms with van der Waals surface area (Å²) in [6.07, 6.45) is 4.89. The van der Waals surface area contributed by atoms with Gasteiger partial charge in [-0.3, -0.25) is 0 Å². The Balaban J connectivity index is 1.30. The van der Waals surface area contributed by atoms with Crippen LogP contribution < -0.4 is 0 Å². The van der Waals surface area contributed by atoms with E-state index in [0.717, 1.165) is 29.5 Å². The fourth-order valence-electron chi connectivity index (χ4n) is 4.97. The molecule has 5 heteroatoms. The molecule has 2 heterocycles. The molecule has 2 aliphatic rings. The van der Waals surface area contributed by atoms with Gasteiger partial charge in [-0.25, -0.2) is 4.39 Å². The summed E-state index contributed by atoms with van der Waals surface area (Å²) in [7, 11) is 0. The highest BCUT2D eigenvalue weighted by Crippen LogP contribution is 2.43. The standard InChI is InChI=1S/C24H31ClFN3/c1-24(2,3)8-9-29-14-17-10-16(11-18(17)15-29)12-20-5-7-23(28-27-20)21-6-4-19(26)13-22(21)25/h4-7,13,16-18H,8-12,14-15H2,1-3H3/t16?,17-,18+. The topological polar surface area (TPSA) is 29.0 Å². The van der Waals surface area contributed by atoms with E-state index in [4.69, 9.17) is 11.6 Å². The van der Waals surface area contributed by atoms with Gasteiger partial charge in [0.2, 0.25) is 0 Å². The van der Waals surface area contributed by atoms with E-state index < -0.39 is 0 Å². The van der Waals surface area contributed by atoms with Crippen molar-refractivity contribution in [2.45, 2.75) is 46.5 Å². The molecule has 1 aromatic heterocycles. The zero-order chi connectivity index (χ0) is 20.6. The summed E-state index contributed by atoms with van der Waals surface area (Å²) in [6.45, 7) is 10.8. The summed E-state index contributed by atoms with van der Waals surface area (Å²) in [6, 6.07) is 8.37. The lowest BCUT2D eigenvalue weighted by molar-refractivity contribution is 0.245. The molecular formula is C24H31ClFN3. The van der Waals surface area contributed by atoms with Crippen molar-refractivity contribution in [3.63, 3.8) is 0 Å². The zero-order valence-corrected chi connectivity index (χ0v) is 18.4. The maximum absolute atomic E-state index is 13.2. The van der Waals surface area contributed by atoms with Gasteiger partial charge in [-0.2, -0.15) is 10.2 Å². The third kappa shape index (κ3) is 5.16. The summed E-state index contributed by atoms with van der Waals surface area (Å²) in [5, 5.41) is 9.15. The molecule has 29 heavy (non-hydrogen) atoms. The first kappa shape index (κ1) is 20.7. The van der Waals surface area contributed by atoms with Gasteiger partial charge in [-0.15, -0.1) is 0 Å². The predicted octanol–water partition coefficient (Wildman–Crippen LogP) is 5.87. The Morgan fingerprint density at radius 1 is 1.07 bits per heavy atom. The maximum Gasteiger partial charge on any atom is 0.124 e. The Hall–Kier alpha value is -1.52. The van der Waals surface area contributed by atoms with Crippen LogP contribution in [-0.2, 0) is 6.42 Å². The van der Waals surface area contributed by atoms with Crippen LogP contribution in [0.5, 0.6) is 0 Å². The Morgan fingerprint density at radius 3 is 2.38 bits per heavy atom. The molecule has 2 aromatic rings. The van der Waals surface area contributed by atoms with Crippen LogP contribution in [-0.4, -0.2) is 34.7 Å². The van der Waals surface area contributed by atoms with Gasteiger partial charge in [0.05, 0.1) is 16.4 Å². The average Bonchev–Trinajstić information content (AvgIpc) is 3.18. The number of hydrogen-bond acceptors (Lipinski definition) is 3. The highest BCUT2D eigenvalue weighted by atomic mass is 35.5. The van der Waals surface area contributed by atoms with Crippen molar-refractivity contribution in [1.29, 1.82) is 0 Å². The molecule has 0 amide bonds. The van der Waals surface area contributed by atoms with Gasteiger partial charge in [-0.1, -0.05) is 32.4 Å². The first-order valence-corrected chi connectivity index (χ1v) is 11.1. The minimum absolute atomic E-state index is 0.341. The van der Waals surface area contributed by atoms with Crippen molar-refractivity contribution in [2.75, 3.05) is 19.6 Å². The molecule has 0 N–H and O–H groups in total. The zero-order valence-electron chi connectivity index (χ0n) is 17.7. The lowest BCUT2D eigenvalue weighted by atomic mass is 9.92. The predicted molar refractivity (Wildman–Crippen MR) is 116 cm³/mol. The number of halogens is 2. The van der Waals surface area contributed by atoms with Crippen LogP contribution in [0.2, 0.25) is 5.02 Å². The molecule has 3 atom stereocenters. The Bertz CT molecular complexity index is 832. The van der Waals surface area contributed by atoms with Gasteiger partial charge >= 0.3 is 0 Å². The lowest BCUT2D eigenvalue weighted by Gasteiger charge is -2.24. The molecular weight excluding hydrogens is 385 g/mol. The van der Waals surface area contributed by atoms with Crippen LogP contribution in [0.4, 0.5) is 4.39 Å². The lowest BCUT2D eigenvalue weighted by Crippen LogP contribution is -2.26. The van der Waals surface area contributed by atoms with Crippen LogP contribution in [0.25, 0.3) is 11.3 Å². The summed E-state index contributed by atoms with van der Waals surface area (Å²) in [5.41, 5.74) is 2.87. The van der Waals surface area contributed by atoms with Gasteiger partial charge in [0.15, 0.2) is 0 Å². The van der Waals surface area contributed by atoms with Crippen molar-refractivity contribution in [1.82, 2.24) is 15.1 Å². The molecule has 3 nitrogen and oxygen atoms in total. The molecule has 2 fully saturated rings. The van der Waals surface area contributed by atoms with Crippen molar-refractivity contribution in [3.05, 3.63) is 46.9 Å². The number of hydrogen-bond donors (Lipinski definition) is 0. The summed E-state index contributed by atoms with van der Waals surface area (Å²) in [5.74, 6) is 2.08. The van der Waals surface area contributed by atoms with E-state index in [9.17, 15) is 4.39 Å². The molecule has 0 bridgehead atoms. The molecule has 1 aromatic carbocycles. The molecule has 0 spiro atoms. The van der Waals surface area contributed by atoms with Crippen LogP contribution in [0, 0.1) is 29.0 Å². The minimum atomic E-state index is -0.341. The Labute approximate surface area is 178 Å². The SMILES string of the molecule is CC(C)(C)CCN1C[C@H]2CC(Cc3ccc(-c4ccc(F)cc4Cl)nn3)C[C@H]2C1. The van der Waals surface area contributed by atoms with Gasteiger partial charge in [-0.05, 0) is 85.7 Å². The second-order valence-electron chi connectivity index (χ2n) is 10.2. The average molecular weight is 416 g/mol. The molecule has 156 valence electrons. The van der Waals surface area contributed by atoms with E-state index in [0.29, 0.717) is 22.0 Å². The highest BCUT2D eigenvalue weighted by molar-refractivity contribution is 6.33. The van der Waals surface area contributed by atoms with E-state index in [1.165, 1.54) is 51.0 Å². The van der Waals surface area contributed by atoms with Crippen LogP contribution in [0.1, 0.15) is 45.7 Å². The van der Waals surface area contributed by atoms with E-state index in [1.807, 2.05) is 12.1 Å². The smallest absolute Gasteiger partial charge is 0.124 e. The highest BCUT2D eigenvalue weighted by Gasteiger charge is 2.40. The normalized spacial score (nSPS) is 24.8. The van der Waals surface area contributed by atoms with Gasteiger partial charge in [0, 0.05) is 18.7 Å². The molecule has 1 aliphatic carbocycles. The number of fused-ring (bicyclic) bond motifs is 1. The van der Waals surface area contributed by atoms with E-state index >= 15 is 0 Å². The van der Waals surface area contributed by atoms with E-state index in [1.54, 1.807) is 6.07 Å². The van der Waals surface area contributed by atoms with Crippen molar-refractivity contribution >= 4 is 11.6 Å². The Morgan fingerprint density at radius 2 is 1.79 bits per heavy atom. The molecule has 1 aliphatic heterocycles. The minimum Gasteiger partial charge on any atom is -0.303 e. The first-order chi connectivity index (χ1) is 13.8. The van der Waals surface area contributed by atoms with Gasteiger partial charge in [0.25, 0.3) is 0 Å². The number of likely N-dealkylation sites (tertiary alicyclic amines) is 1. The molecule has 1 saturated carbocycles. The van der Waals surface area contributed by atoms with Crippen molar-refractivity contribution in [2.24, 2.45) is 23.2 Å². The van der Waals surface area contributed by atoms with Crippen molar-refractivity contribution in [3.8, 4) is 11.3 Å². The largest absolute Gasteiger partial charge is 0.303 e. The third-order valence-electron chi connectivity index (χ3n) is 6.53. The monoisotopic (exact) mass is 415 g/mol. The van der Waals surface area contributed by atoms with Crippen molar-refractivity contribution < 1.29 is 4.39 Å². The summed E-state index contributed by atoms with van der Waals surface area (Å²) in [4.78, 5) is 2.68. The van der Waals surface area contributed by atoms with Crippen LogP contribution in [0.3, 0.4) is 0 Å². The molecule has 4 rings (SSSR count). The fourth-order valence-corrected chi connectivity index (χ4v) is 5.23. The number of nitrogens with zero attached hydrogens (tertiary/aromatic N) is 3. The Kier molecular flexibility index (Phi) is 5.94. The molecule has 0 radical (unpaired) electrons. The second kappa shape index (κ2) is 8.31. The quantitative estimate of drug-likeness (QED) is 0.611.